The number of rotatable bonds is 1. The fourth-order valence-electron chi connectivity index (χ4n) is 1.44. The average Bonchev–Trinajstić information content (AvgIpc) is 2.50. The molecule has 1 aromatic rings. The van der Waals surface area contributed by atoms with Gasteiger partial charge in [-0.25, -0.2) is 0 Å². The van der Waals surface area contributed by atoms with Crippen LogP contribution in [0, 0.1) is 0 Å². The highest BCUT2D eigenvalue weighted by Gasteiger charge is 2.08. The third-order valence-electron chi connectivity index (χ3n) is 2.08. The van der Waals surface area contributed by atoms with Crippen molar-refractivity contribution in [2.24, 2.45) is 0 Å². The fraction of sp³-hybridized carbons (Fsp3) is 0.200. The number of hydrogen-bond donors (Lipinski definition) is 1. The summed E-state index contributed by atoms with van der Waals surface area (Å²) in [6.07, 6.45) is 3.03. The maximum absolute atomic E-state index is 3.73. The van der Waals surface area contributed by atoms with Gasteiger partial charge in [-0.3, -0.25) is 0 Å². The minimum Gasteiger partial charge on any atom is -0.384 e. The van der Waals surface area contributed by atoms with Gasteiger partial charge in [0.05, 0.1) is 0 Å². The highest BCUT2D eigenvalue weighted by molar-refractivity contribution is 5.62. The van der Waals surface area contributed by atoms with Gasteiger partial charge in [0.25, 0.3) is 0 Å². The van der Waals surface area contributed by atoms with Crippen LogP contribution in [0.25, 0.3) is 6.08 Å². The Kier molecular flexibility index (Phi) is 1.42. The third-order valence-corrected chi connectivity index (χ3v) is 2.08. The molecule has 0 aliphatic carbocycles. The number of anilines is 1. The molecular weight excluding hydrogens is 134 g/mol. The summed E-state index contributed by atoms with van der Waals surface area (Å²) in [5.74, 6) is 0. The molecule has 0 unspecified atom stereocenters. The fourth-order valence-corrected chi connectivity index (χ4v) is 1.44. The molecule has 0 saturated heterocycles. The van der Waals surface area contributed by atoms with E-state index in [1.54, 1.807) is 0 Å². The zero-order chi connectivity index (χ0) is 7.68. The molecule has 0 amide bonds. The van der Waals surface area contributed by atoms with Crippen molar-refractivity contribution < 1.29 is 0 Å². The molecule has 0 saturated carbocycles. The zero-order valence-electron chi connectivity index (χ0n) is 6.43. The first-order valence-corrected chi connectivity index (χ1v) is 3.89. The Morgan fingerprint density at radius 1 is 1.45 bits per heavy atom. The predicted octanol–water partition coefficient (Wildman–Crippen LogP) is 2.30. The van der Waals surface area contributed by atoms with E-state index < -0.39 is 0 Å². The normalized spacial score (nSPS) is 13.8. The maximum atomic E-state index is 3.73. The van der Waals surface area contributed by atoms with E-state index in [1.165, 1.54) is 16.8 Å². The number of benzene rings is 1. The first-order chi connectivity index (χ1) is 5.40. The molecule has 1 heteroatoms. The Morgan fingerprint density at radius 3 is 3.18 bits per heavy atom. The minimum absolute atomic E-state index is 1.08. The molecular formula is C10H11N. The van der Waals surface area contributed by atoms with Crippen molar-refractivity contribution in [1.29, 1.82) is 0 Å². The average molecular weight is 145 g/mol. The predicted molar refractivity (Wildman–Crippen MR) is 48.7 cm³/mol. The summed E-state index contributed by atoms with van der Waals surface area (Å²) in [5.41, 5.74) is 3.90. The van der Waals surface area contributed by atoms with E-state index in [4.69, 9.17) is 0 Å². The van der Waals surface area contributed by atoms with Crippen LogP contribution in [0.4, 0.5) is 5.69 Å². The van der Waals surface area contributed by atoms with Crippen LogP contribution in [0.5, 0.6) is 0 Å². The van der Waals surface area contributed by atoms with Crippen LogP contribution in [-0.2, 0) is 6.42 Å². The van der Waals surface area contributed by atoms with Crippen molar-refractivity contribution in [2.75, 3.05) is 11.9 Å². The smallest absolute Gasteiger partial charge is 0.0379 e. The second-order valence-electron chi connectivity index (χ2n) is 2.80. The van der Waals surface area contributed by atoms with Crippen molar-refractivity contribution in [2.45, 2.75) is 6.42 Å². The summed E-state index contributed by atoms with van der Waals surface area (Å²) >= 11 is 0. The van der Waals surface area contributed by atoms with E-state index in [0.29, 0.717) is 0 Å². The van der Waals surface area contributed by atoms with Gasteiger partial charge in [-0.05, 0) is 23.6 Å². The van der Waals surface area contributed by atoms with Gasteiger partial charge >= 0.3 is 0 Å². The van der Waals surface area contributed by atoms with Crippen molar-refractivity contribution >= 4 is 11.8 Å². The van der Waals surface area contributed by atoms with E-state index >= 15 is 0 Å². The van der Waals surface area contributed by atoms with Crippen molar-refractivity contribution in [1.82, 2.24) is 0 Å². The van der Waals surface area contributed by atoms with Gasteiger partial charge in [-0.1, -0.05) is 24.8 Å². The Morgan fingerprint density at radius 2 is 2.36 bits per heavy atom. The monoisotopic (exact) mass is 145 g/mol. The standard InChI is InChI=1S/C10H11N/c1-2-8-3-4-9-5-6-11-10(9)7-8/h2-4,7,11H,1,5-6H2. The SMILES string of the molecule is C=Cc1ccc2c(c1)NCC2. The molecule has 0 fully saturated rings. The molecule has 2 rings (SSSR count). The third kappa shape index (κ3) is 1.03. The zero-order valence-corrected chi connectivity index (χ0v) is 6.43. The van der Waals surface area contributed by atoms with Crippen LogP contribution < -0.4 is 5.32 Å². The molecule has 1 aromatic carbocycles. The van der Waals surface area contributed by atoms with Crippen molar-refractivity contribution in [3.63, 3.8) is 0 Å². The molecule has 0 atom stereocenters. The molecule has 1 heterocycles. The Hall–Kier alpha value is -1.24. The molecule has 56 valence electrons. The van der Waals surface area contributed by atoms with Crippen LogP contribution >= 0.6 is 0 Å². The van der Waals surface area contributed by atoms with Crippen LogP contribution in [-0.4, -0.2) is 6.54 Å². The lowest BCUT2D eigenvalue weighted by Crippen LogP contribution is -1.90. The van der Waals surface area contributed by atoms with E-state index in [1.807, 2.05) is 6.08 Å². The number of hydrogen-bond acceptors (Lipinski definition) is 1. The lowest BCUT2D eigenvalue weighted by molar-refractivity contribution is 1.11. The molecule has 1 aliphatic heterocycles. The quantitative estimate of drug-likeness (QED) is 0.639. The van der Waals surface area contributed by atoms with E-state index in [0.717, 1.165) is 13.0 Å². The summed E-state index contributed by atoms with van der Waals surface area (Å²) < 4.78 is 0. The summed E-state index contributed by atoms with van der Waals surface area (Å²) in [6.45, 7) is 4.81. The lowest BCUT2D eigenvalue weighted by Gasteiger charge is -1.99. The largest absolute Gasteiger partial charge is 0.384 e. The van der Waals surface area contributed by atoms with Crippen LogP contribution in [0.15, 0.2) is 24.8 Å². The Labute approximate surface area is 66.7 Å². The van der Waals surface area contributed by atoms with Gasteiger partial charge in [0.1, 0.15) is 0 Å². The van der Waals surface area contributed by atoms with Crippen LogP contribution in [0.1, 0.15) is 11.1 Å². The van der Waals surface area contributed by atoms with Gasteiger partial charge in [-0.2, -0.15) is 0 Å². The second kappa shape index (κ2) is 2.42. The van der Waals surface area contributed by atoms with Gasteiger partial charge in [-0.15, -0.1) is 0 Å². The van der Waals surface area contributed by atoms with Gasteiger partial charge in [0, 0.05) is 12.2 Å². The molecule has 1 nitrogen and oxygen atoms in total. The molecule has 0 radical (unpaired) electrons. The Balaban J connectivity index is 2.48. The highest BCUT2D eigenvalue weighted by Crippen LogP contribution is 2.23. The molecule has 11 heavy (non-hydrogen) atoms. The molecule has 0 bridgehead atoms. The van der Waals surface area contributed by atoms with Gasteiger partial charge in [0.15, 0.2) is 0 Å². The summed E-state index contributed by atoms with van der Waals surface area (Å²) in [5, 5.41) is 3.33. The lowest BCUT2D eigenvalue weighted by atomic mass is 10.1. The van der Waals surface area contributed by atoms with Crippen LogP contribution in [0.3, 0.4) is 0 Å². The molecule has 1 N–H and O–H groups in total. The van der Waals surface area contributed by atoms with E-state index in [2.05, 4.69) is 30.1 Å². The van der Waals surface area contributed by atoms with E-state index in [9.17, 15) is 0 Å². The van der Waals surface area contributed by atoms with Crippen molar-refractivity contribution in [3.8, 4) is 0 Å². The van der Waals surface area contributed by atoms with E-state index in [-0.39, 0.29) is 0 Å². The summed E-state index contributed by atoms with van der Waals surface area (Å²) in [4.78, 5) is 0. The number of nitrogens with one attached hydrogen (secondary N) is 1. The first-order valence-electron chi connectivity index (χ1n) is 3.89. The summed E-state index contributed by atoms with van der Waals surface area (Å²) in [7, 11) is 0. The topological polar surface area (TPSA) is 12.0 Å². The summed E-state index contributed by atoms with van der Waals surface area (Å²) in [6, 6.07) is 6.43. The molecule has 0 spiro atoms. The second-order valence-corrected chi connectivity index (χ2v) is 2.80. The highest BCUT2D eigenvalue weighted by atomic mass is 14.9. The van der Waals surface area contributed by atoms with Crippen molar-refractivity contribution in [3.05, 3.63) is 35.9 Å². The number of fused-ring (bicyclic) bond motifs is 1. The molecule has 1 aliphatic rings. The first kappa shape index (κ1) is 6.47. The van der Waals surface area contributed by atoms with Crippen LogP contribution in [0.2, 0.25) is 0 Å². The van der Waals surface area contributed by atoms with Gasteiger partial charge in [0.2, 0.25) is 0 Å². The minimum atomic E-state index is 1.08. The molecule has 0 aromatic heterocycles. The Bertz CT molecular complexity index is 289. The maximum Gasteiger partial charge on any atom is 0.0379 e. The van der Waals surface area contributed by atoms with Gasteiger partial charge < -0.3 is 5.32 Å².